The highest BCUT2D eigenvalue weighted by Gasteiger charge is 2.22. The van der Waals surface area contributed by atoms with E-state index in [1.807, 2.05) is 47.0 Å². The van der Waals surface area contributed by atoms with E-state index in [1.54, 1.807) is 23.4 Å². The molecular weight excluding hydrogens is 486 g/mol. The molecule has 34 heavy (non-hydrogen) atoms. The molecule has 6 nitrogen and oxygen atoms in total. The van der Waals surface area contributed by atoms with Crippen molar-refractivity contribution in [2.75, 3.05) is 19.5 Å². The van der Waals surface area contributed by atoms with Gasteiger partial charge in [0.2, 0.25) is 0 Å². The highest BCUT2D eigenvalue weighted by atomic mass is 32.2. The fraction of sp³-hybridized carbons (Fsp3) is 0.320. The van der Waals surface area contributed by atoms with Gasteiger partial charge in [-0.3, -0.25) is 9.36 Å². The first-order valence-electron chi connectivity index (χ1n) is 11.2. The third kappa shape index (κ3) is 4.70. The second kappa shape index (κ2) is 10.4. The van der Waals surface area contributed by atoms with Crippen LogP contribution in [0.5, 0.6) is 5.75 Å². The highest BCUT2D eigenvalue weighted by molar-refractivity contribution is 7.99. The van der Waals surface area contributed by atoms with Gasteiger partial charge in [-0.1, -0.05) is 65.6 Å². The number of thioether (sulfide) groups is 1. The zero-order valence-corrected chi connectivity index (χ0v) is 21.3. The van der Waals surface area contributed by atoms with E-state index in [2.05, 4.69) is 12.1 Å². The number of benzene rings is 2. The number of methoxy groups -OCH3 is 1. The van der Waals surface area contributed by atoms with Gasteiger partial charge in [-0.25, -0.2) is 4.98 Å². The second-order valence-electron chi connectivity index (χ2n) is 8.06. The topological polar surface area (TPSA) is 58.3 Å². The van der Waals surface area contributed by atoms with Crippen molar-refractivity contribution in [2.45, 2.75) is 37.1 Å². The Kier molecular flexibility index (Phi) is 7.15. The van der Waals surface area contributed by atoms with Crippen LogP contribution in [0.2, 0.25) is 0 Å². The van der Waals surface area contributed by atoms with Crippen LogP contribution < -0.4 is 10.3 Å². The van der Waals surface area contributed by atoms with Crippen LogP contribution in [0.4, 0.5) is 0 Å². The molecule has 3 heterocycles. The lowest BCUT2D eigenvalue weighted by Crippen LogP contribution is -2.23. The van der Waals surface area contributed by atoms with E-state index in [0.717, 1.165) is 31.6 Å². The highest BCUT2D eigenvalue weighted by Crippen LogP contribution is 2.30. The van der Waals surface area contributed by atoms with Gasteiger partial charge >= 0.3 is 0 Å². The van der Waals surface area contributed by atoms with E-state index in [9.17, 15) is 4.79 Å². The number of hydrogen-bond donors (Lipinski definition) is 0. The third-order valence-corrected chi connectivity index (χ3v) is 8.37. The van der Waals surface area contributed by atoms with E-state index >= 15 is 0 Å². The minimum atomic E-state index is -0.126. The second-order valence-corrected chi connectivity index (χ2v) is 10.7. The van der Waals surface area contributed by atoms with Gasteiger partial charge in [0.15, 0.2) is 14.8 Å². The lowest BCUT2D eigenvalue weighted by Gasteiger charge is -2.16. The molecule has 0 saturated carbocycles. The monoisotopic (exact) mass is 511 g/mol. The molecular formula is C25H25N3O3S3. The maximum atomic E-state index is 13.8. The summed E-state index contributed by atoms with van der Waals surface area (Å²) in [4.78, 5) is 18.8. The molecule has 1 atom stereocenters. The largest absolute Gasteiger partial charge is 0.495 e. The van der Waals surface area contributed by atoms with Crippen molar-refractivity contribution in [1.29, 1.82) is 0 Å². The first kappa shape index (κ1) is 23.3. The van der Waals surface area contributed by atoms with Crippen LogP contribution in [0.15, 0.2) is 64.5 Å². The van der Waals surface area contributed by atoms with E-state index < -0.39 is 0 Å². The number of para-hydroxylation sites is 2. The van der Waals surface area contributed by atoms with Crippen LogP contribution in [-0.2, 0) is 17.7 Å². The van der Waals surface area contributed by atoms with Crippen LogP contribution in [0.25, 0.3) is 16.0 Å². The zero-order valence-electron chi connectivity index (χ0n) is 18.8. The SMILES string of the molecule is COc1ccccc1-n1c(SCC2CCCO2)nc2c(sc(=S)n2CCc2ccccc2)c1=O. The van der Waals surface area contributed by atoms with Gasteiger partial charge in [0.05, 0.1) is 18.9 Å². The zero-order chi connectivity index (χ0) is 23.5. The molecule has 2 aromatic carbocycles. The Morgan fingerprint density at radius 1 is 1.21 bits per heavy atom. The van der Waals surface area contributed by atoms with E-state index in [-0.39, 0.29) is 11.7 Å². The molecule has 0 bridgehead atoms. The third-order valence-electron chi connectivity index (χ3n) is 5.87. The van der Waals surface area contributed by atoms with Crippen molar-refractivity contribution in [3.8, 4) is 11.4 Å². The van der Waals surface area contributed by atoms with Gasteiger partial charge in [0.25, 0.3) is 5.56 Å². The molecule has 0 aliphatic carbocycles. The van der Waals surface area contributed by atoms with E-state index in [0.29, 0.717) is 37.4 Å². The van der Waals surface area contributed by atoms with Crippen molar-refractivity contribution in [3.63, 3.8) is 0 Å². The molecule has 1 aliphatic rings. The molecule has 1 fully saturated rings. The summed E-state index contributed by atoms with van der Waals surface area (Å²) in [5.74, 6) is 1.36. The molecule has 2 aromatic heterocycles. The number of hydrogen-bond acceptors (Lipinski definition) is 7. The summed E-state index contributed by atoms with van der Waals surface area (Å²) < 4.78 is 16.3. The lowest BCUT2D eigenvalue weighted by atomic mass is 10.1. The molecule has 1 saturated heterocycles. The predicted molar refractivity (Wildman–Crippen MR) is 140 cm³/mol. The molecule has 5 rings (SSSR count). The Morgan fingerprint density at radius 3 is 2.76 bits per heavy atom. The Bertz CT molecular complexity index is 1410. The standard InChI is InChI=1S/C25H25N3O3S3/c1-30-20-12-6-5-11-19(20)28-23(29)21-22(26-24(28)33-16-18-10-7-15-31-18)27(25(32)34-21)14-13-17-8-3-2-4-9-17/h2-6,8-9,11-12,18H,7,10,13-16H2,1H3. The molecule has 0 spiro atoms. The summed E-state index contributed by atoms with van der Waals surface area (Å²) in [5, 5.41) is 0.624. The lowest BCUT2D eigenvalue weighted by molar-refractivity contribution is 0.129. The number of nitrogens with zero attached hydrogens (tertiary/aromatic N) is 3. The number of rotatable bonds is 8. The van der Waals surface area contributed by atoms with Crippen molar-refractivity contribution >= 4 is 45.7 Å². The van der Waals surface area contributed by atoms with Gasteiger partial charge in [-0.2, -0.15) is 0 Å². The Hall–Kier alpha value is -2.46. The molecule has 1 aliphatic heterocycles. The van der Waals surface area contributed by atoms with Gasteiger partial charge in [-0.05, 0) is 49.2 Å². The fourth-order valence-corrected chi connectivity index (χ4v) is 6.50. The van der Waals surface area contributed by atoms with Crippen molar-refractivity contribution in [1.82, 2.24) is 14.1 Å². The average Bonchev–Trinajstić information content (AvgIpc) is 3.50. The number of fused-ring (bicyclic) bond motifs is 1. The molecule has 0 radical (unpaired) electrons. The Labute approximate surface area is 211 Å². The Morgan fingerprint density at radius 2 is 2.00 bits per heavy atom. The van der Waals surface area contributed by atoms with Crippen molar-refractivity contribution in [3.05, 3.63) is 74.5 Å². The minimum absolute atomic E-state index is 0.126. The number of aromatic nitrogens is 3. The fourth-order valence-electron chi connectivity index (χ4n) is 4.13. The average molecular weight is 512 g/mol. The molecule has 0 amide bonds. The van der Waals surface area contributed by atoms with Crippen LogP contribution >= 0.6 is 35.3 Å². The van der Waals surface area contributed by atoms with Gasteiger partial charge in [-0.15, -0.1) is 0 Å². The van der Waals surface area contributed by atoms with Gasteiger partial charge < -0.3 is 14.0 Å². The first-order chi connectivity index (χ1) is 16.7. The van der Waals surface area contributed by atoms with E-state index in [1.165, 1.54) is 16.9 Å². The molecule has 4 aromatic rings. The first-order valence-corrected chi connectivity index (χ1v) is 13.4. The number of thiazole rings is 1. The number of aryl methyl sites for hydroxylation is 2. The maximum absolute atomic E-state index is 13.8. The minimum Gasteiger partial charge on any atom is -0.495 e. The van der Waals surface area contributed by atoms with Crippen LogP contribution in [0, 0.1) is 3.95 Å². The molecule has 176 valence electrons. The van der Waals surface area contributed by atoms with Crippen LogP contribution in [-0.4, -0.2) is 39.7 Å². The summed E-state index contributed by atoms with van der Waals surface area (Å²) in [5.41, 5.74) is 2.42. The molecule has 9 heteroatoms. The Balaban J connectivity index is 1.61. The summed E-state index contributed by atoms with van der Waals surface area (Å²) in [6.07, 6.45) is 3.09. The van der Waals surface area contributed by atoms with Gasteiger partial charge in [0, 0.05) is 18.9 Å². The van der Waals surface area contributed by atoms with Crippen molar-refractivity contribution in [2.24, 2.45) is 0 Å². The van der Waals surface area contributed by atoms with Crippen LogP contribution in [0.1, 0.15) is 18.4 Å². The quantitative estimate of drug-likeness (QED) is 0.177. The maximum Gasteiger partial charge on any atom is 0.278 e. The smallest absolute Gasteiger partial charge is 0.278 e. The number of ether oxygens (including phenoxy) is 2. The van der Waals surface area contributed by atoms with Crippen LogP contribution in [0.3, 0.4) is 0 Å². The molecule has 0 N–H and O–H groups in total. The van der Waals surface area contributed by atoms with E-state index in [4.69, 9.17) is 26.7 Å². The predicted octanol–water partition coefficient (Wildman–Crippen LogP) is 5.50. The molecule has 1 unspecified atom stereocenters. The summed E-state index contributed by atoms with van der Waals surface area (Å²) in [7, 11) is 1.61. The summed E-state index contributed by atoms with van der Waals surface area (Å²) in [6.45, 7) is 1.46. The van der Waals surface area contributed by atoms with Gasteiger partial charge in [0.1, 0.15) is 10.4 Å². The summed E-state index contributed by atoms with van der Waals surface area (Å²) in [6, 6.07) is 17.8. The van der Waals surface area contributed by atoms with Crippen molar-refractivity contribution < 1.29 is 9.47 Å². The normalized spacial score (nSPS) is 15.7. The summed E-state index contributed by atoms with van der Waals surface area (Å²) >= 11 is 8.54.